The first kappa shape index (κ1) is 8.47. The highest BCUT2D eigenvalue weighted by atomic mass is 15.1. The second kappa shape index (κ2) is 3.72. The summed E-state index contributed by atoms with van der Waals surface area (Å²) in [6.45, 7) is 0.279. The number of pyridine rings is 2. The summed E-state index contributed by atoms with van der Waals surface area (Å²) in [5.41, 5.74) is 10.6. The van der Waals surface area contributed by atoms with Gasteiger partial charge < -0.3 is 0 Å². The topological polar surface area (TPSA) is 74.5 Å². The minimum absolute atomic E-state index is 0.279. The third kappa shape index (κ3) is 1.62. The smallest absolute Gasteiger partial charge is 0.0889 e. The molecule has 0 spiro atoms. The van der Waals surface area contributed by atoms with E-state index in [2.05, 4.69) is 20.0 Å². The van der Waals surface area contributed by atoms with Gasteiger partial charge >= 0.3 is 0 Å². The average Bonchev–Trinajstić information content (AvgIpc) is 2.26. The Morgan fingerprint density at radius 1 is 1.29 bits per heavy atom. The molecule has 5 nitrogen and oxygen atoms in total. The van der Waals surface area contributed by atoms with Crippen molar-refractivity contribution in [3.63, 3.8) is 0 Å². The minimum atomic E-state index is 0.279. The first-order valence-corrected chi connectivity index (χ1v) is 4.11. The molecule has 0 aliphatic rings. The van der Waals surface area contributed by atoms with Crippen LogP contribution in [-0.2, 0) is 6.54 Å². The zero-order chi connectivity index (χ0) is 9.80. The molecular formula is C9H7N5. The lowest BCUT2D eigenvalue weighted by molar-refractivity contribution is 0.988. The SMILES string of the molecule is [N-]=[N+]=NCc1ccc2ncccc2n1. The Kier molecular flexibility index (Phi) is 2.25. The number of fused-ring (bicyclic) bond motifs is 1. The first-order valence-electron chi connectivity index (χ1n) is 4.11. The van der Waals surface area contributed by atoms with Crippen molar-refractivity contribution >= 4 is 11.0 Å². The molecule has 0 saturated heterocycles. The number of hydrogen-bond donors (Lipinski definition) is 0. The van der Waals surface area contributed by atoms with Gasteiger partial charge in [-0.3, -0.25) is 9.97 Å². The van der Waals surface area contributed by atoms with Gasteiger partial charge in [-0.05, 0) is 29.8 Å². The van der Waals surface area contributed by atoms with Gasteiger partial charge in [-0.1, -0.05) is 5.11 Å². The van der Waals surface area contributed by atoms with Crippen LogP contribution in [0.3, 0.4) is 0 Å². The van der Waals surface area contributed by atoms with E-state index >= 15 is 0 Å². The highest BCUT2D eigenvalue weighted by molar-refractivity contribution is 5.73. The van der Waals surface area contributed by atoms with E-state index in [1.54, 1.807) is 6.20 Å². The summed E-state index contributed by atoms with van der Waals surface area (Å²) >= 11 is 0. The van der Waals surface area contributed by atoms with Crippen LogP contribution in [0.2, 0.25) is 0 Å². The van der Waals surface area contributed by atoms with Gasteiger partial charge in [0.05, 0.1) is 17.6 Å². The molecule has 0 saturated carbocycles. The highest BCUT2D eigenvalue weighted by Gasteiger charge is 1.96. The molecule has 2 aromatic heterocycles. The summed E-state index contributed by atoms with van der Waals surface area (Å²) in [5.74, 6) is 0. The second-order valence-corrected chi connectivity index (χ2v) is 2.73. The maximum atomic E-state index is 8.16. The normalized spacial score (nSPS) is 9.71. The molecule has 68 valence electrons. The van der Waals surface area contributed by atoms with Gasteiger partial charge in [0, 0.05) is 16.8 Å². The quantitative estimate of drug-likeness (QED) is 0.409. The fraction of sp³-hybridized carbons (Fsp3) is 0.111. The molecule has 2 aromatic rings. The van der Waals surface area contributed by atoms with Crippen LogP contribution >= 0.6 is 0 Å². The van der Waals surface area contributed by atoms with Crippen LogP contribution in [0.1, 0.15) is 5.69 Å². The molecule has 0 atom stereocenters. The maximum Gasteiger partial charge on any atom is 0.0889 e. The van der Waals surface area contributed by atoms with Gasteiger partial charge in [-0.15, -0.1) is 0 Å². The van der Waals surface area contributed by atoms with Crippen LogP contribution in [-0.4, -0.2) is 9.97 Å². The van der Waals surface area contributed by atoms with Gasteiger partial charge in [0.15, 0.2) is 0 Å². The number of aromatic nitrogens is 2. The highest BCUT2D eigenvalue weighted by Crippen LogP contribution is 2.09. The van der Waals surface area contributed by atoms with Gasteiger partial charge in [-0.25, -0.2) is 0 Å². The third-order valence-electron chi connectivity index (χ3n) is 1.81. The van der Waals surface area contributed by atoms with Crippen LogP contribution in [0.4, 0.5) is 0 Å². The Balaban J connectivity index is 2.45. The molecule has 0 aliphatic heterocycles. The maximum absolute atomic E-state index is 8.16. The molecule has 2 heterocycles. The minimum Gasteiger partial charge on any atom is -0.255 e. The largest absolute Gasteiger partial charge is 0.255 e. The van der Waals surface area contributed by atoms with Gasteiger partial charge in [0.2, 0.25) is 0 Å². The summed E-state index contributed by atoms with van der Waals surface area (Å²) in [6.07, 6.45) is 1.72. The Morgan fingerprint density at radius 3 is 3.07 bits per heavy atom. The fourth-order valence-electron chi connectivity index (χ4n) is 1.19. The van der Waals surface area contributed by atoms with Crippen molar-refractivity contribution in [3.8, 4) is 0 Å². The van der Waals surface area contributed by atoms with E-state index in [4.69, 9.17) is 5.53 Å². The van der Waals surface area contributed by atoms with Gasteiger partial charge in [-0.2, -0.15) is 0 Å². The summed E-state index contributed by atoms with van der Waals surface area (Å²) in [7, 11) is 0. The van der Waals surface area contributed by atoms with Crippen molar-refractivity contribution in [2.24, 2.45) is 5.11 Å². The van der Waals surface area contributed by atoms with E-state index in [-0.39, 0.29) is 6.54 Å². The average molecular weight is 185 g/mol. The van der Waals surface area contributed by atoms with Crippen molar-refractivity contribution in [3.05, 3.63) is 46.6 Å². The van der Waals surface area contributed by atoms with Gasteiger partial charge in [0.1, 0.15) is 0 Å². The van der Waals surface area contributed by atoms with Crippen molar-refractivity contribution in [2.75, 3.05) is 0 Å². The molecule has 0 radical (unpaired) electrons. The van der Waals surface area contributed by atoms with Crippen LogP contribution in [0, 0.1) is 0 Å². The Morgan fingerprint density at radius 2 is 2.21 bits per heavy atom. The summed E-state index contributed by atoms with van der Waals surface area (Å²) in [6, 6.07) is 7.38. The van der Waals surface area contributed by atoms with Crippen LogP contribution in [0.5, 0.6) is 0 Å². The van der Waals surface area contributed by atoms with E-state index in [1.807, 2.05) is 24.3 Å². The second-order valence-electron chi connectivity index (χ2n) is 2.73. The monoisotopic (exact) mass is 185 g/mol. The lowest BCUT2D eigenvalue weighted by Crippen LogP contribution is -1.88. The van der Waals surface area contributed by atoms with Crippen molar-refractivity contribution in [1.29, 1.82) is 0 Å². The fourth-order valence-corrected chi connectivity index (χ4v) is 1.19. The standard InChI is InChI=1S/C9H7N5/c10-14-12-6-7-3-4-8-9(13-7)2-1-5-11-8/h1-5H,6H2. The zero-order valence-electron chi connectivity index (χ0n) is 7.33. The summed E-state index contributed by atoms with van der Waals surface area (Å²) in [4.78, 5) is 11.1. The van der Waals surface area contributed by atoms with E-state index in [9.17, 15) is 0 Å². The molecule has 5 heteroatoms. The number of hydrogen-bond acceptors (Lipinski definition) is 3. The van der Waals surface area contributed by atoms with Crippen LogP contribution in [0.15, 0.2) is 35.6 Å². The van der Waals surface area contributed by atoms with E-state index in [0.717, 1.165) is 16.7 Å². The number of nitrogens with zero attached hydrogens (tertiary/aromatic N) is 5. The Hall–Kier alpha value is -2.13. The van der Waals surface area contributed by atoms with E-state index < -0.39 is 0 Å². The molecular weight excluding hydrogens is 178 g/mol. The predicted octanol–water partition coefficient (Wildman–Crippen LogP) is 2.44. The lowest BCUT2D eigenvalue weighted by atomic mass is 10.3. The van der Waals surface area contributed by atoms with Crippen molar-refractivity contribution < 1.29 is 0 Å². The predicted molar refractivity (Wildman–Crippen MR) is 52.4 cm³/mol. The molecule has 14 heavy (non-hydrogen) atoms. The van der Waals surface area contributed by atoms with Crippen molar-refractivity contribution in [1.82, 2.24) is 9.97 Å². The molecule has 0 N–H and O–H groups in total. The van der Waals surface area contributed by atoms with Crippen molar-refractivity contribution in [2.45, 2.75) is 6.54 Å². The summed E-state index contributed by atoms with van der Waals surface area (Å²) in [5, 5.41) is 3.45. The zero-order valence-corrected chi connectivity index (χ0v) is 7.33. The van der Waals surface area contributed by atoms with Gasteiger partial charge in [0.25, 0.3) is 0 Å². The molecule has 0 aromatic carbocycles. The van der Waals surface area contributed by atoms with E-state index in [1.165, 1.54) is 0 Å². The number of rotatable bonds is 2. The molecule has 2 rings (SSSR count). The Bertz CT molecular complexity index is 501. The molecule has 0 amide bonds. The van der Waals surface area contributed by atoms with E-state index in [0.29, 0.717) is 0 Å². The molecule has 0 unspecified atom stereocenters. The first-order chi connectivity index (χ1) is 6.90. The molecule has 0 aliphatic carbocycles. The molecule has 0 bridgehead atoms. The third-order valence-corrected chi connectivity index (χ3v) is 1.81. The number of azide groups is 1. The van der Waals surface area contributed by atoms with Crippen LogP contribution < -0.4 is 0 Å². The Labute approximate surface area is 80.1 Å². The van der Waals surface area contributed by atoms with Crippen LogP contribution in [0.25, 0.3) is 21.5 Å². The molecule has 0 fully saturated rings. The summed E-state index contributed by atoms with van der Waals surface area (Å²) < 4.78 is 0. The lowest BCUT2D eigenvalue weighted by Gasteiger charge is -1.97.